The quantitative estimate of drug-likeness (QED) is 0.773. The molecule has 104 valence electrons. The van der Waals surface area contributed by atoms with Crippen LogP contribution >= 0.6 is 24.4 Å². The molecule has 0 aliphatic rings. The van der Waals surface area contributed by atoms with Crippen LogP contribution in [0.3, 0.4) is 0 Å². The lowest BCUT2D eigenvalue weighted by atomic mass is 10.5. The van der Waals surface area contributed by atoms with Gasteiger partial charge in [-0.1, -0.05) is 34.1 Å². The Balaban J connectivity index is -0.000000188. The molecule has 0 aliphatic carbocycles. The van der Waals surface area contributed by atoms with Gasteiger partial charge in [0.15, 0.2) is 0 Å². The minimum atomic E-state index is 0.141. The molecule has 0 heterocycles. The van der Waals surface area contributed by atoms with Gasteiger partial charge in [0.25, 0.3) is 10.3 Å². The third kappa shape index (κ3) is 50.6. The smallest absolute Gasteiger partial charge is 0.253 e. The molecular weight excluding hydrogens is 256 g/mol. The number of nitrogens with two attached hydrogens (primary N) is 2. The number of rotatable bonds is 4. The van der Waals surface area contributed by atoms with Crippen molar-refractivity contribution in [3.05, 3.63) is 0 Å². The molecule has 0 atom stereocenters. The molecule has 0 amide bonds. The van der Waals surface area contributed by atoms with Crippen LogP contribution in [0.5, 0.6) is 0 Å². The predicted molar refractivity (Wildman–Crippen MR) is 82.0 cm³/mol. The van der Waals surface area contributed by atoms with Crippen LogP contribution in [0.2, 0.25) is 0 Å². The van der Waals surface area contributed by atoms with E-state index >= 15 is 0 Å². The highest BCUT2D eigenvalue weighted by atomic mass is 32.1. The van der Waals surface area contributed by atoms with E-state index in [2.05, 4.69) is 38.3 Å². The van der Waals surface area contributed by atoms with Gasteiger partial charge in [-0.2, -0.15) is 0 Å². The number of thiocarbonyl (C=S) groups is 2. The Morgan fingerprint density at radius 3 is 1.12 bits per heavy atom. The molecule has 0 unspecified atom stereocenters. The average Bonchev–Trinajstić information content (AvgIpc) is 2.25. The van der Waals surface area contributed by atoms with Gasteiger partial charge in [-0.05, 0) is 37.3 Å². The Morgan fingerprint density at radius 2 is 1.06 bits per heavy atom. The second kappa shape index (κ2) is 20.8. The Bertz CT molecular complexity index is 161. The fourth-order valence-corrected chi connectivity index (χ4v) is 0.572. The second-order valence-corrected chi connectivity index (χ2v) is 3.85. The molecule has 0 aromatic carbocycles. The zero-order valence-corrected chi connectivity index (χ0v) is 13.0. The van der Waals surface area contributed by atoms with Crippen molar-refractivity contribution in [2.45, 2.75) is 47.0 Å². The van der Waals surface area contributed by atoms with E-state index in [9.17, 15) is 0 Å². The highest BCUT2D eigenvalue weighted by Gasteiger charge is 1.82. The van der Waals surface area contributed by atoms with Gasteiger partial charge in [-0.3, -0.25) is 0 Å². The van der Waals surface area contributed by atoms with Crippen LogP contribution < -0.4 is 11.5 Å². The fraction of sp³-hybridized carbons (Fsp3) is 0.818. The van der Waals surface area contributed by atoms with Gasteiger partial charge in [0.05, 0.1) is 13.2 Å². The van der Waals surface area contributed by atoms with E-state index < -0.39 is 0 Å². The largest absolute Gasteiger partial charge is 0.471 e. The normalized spacial score (nSPS) is 7.76. The van der Waals surface area contributed by atoms with Crippen molar-refractivity contribution < 1.29 is 9.47 Å². The van der Waals surface area contributed by atoms with Crippen LogP contribution in [0, 0.1) is 0 Å². The zero-order valence-electron chi connectivity index (χ0n) is 11.3. The summed E-state index contributed by atoms with van der Waals surface area (Å²) in [6.07, 6.45) is 3.16. The van der Waals surface area contributed by atoms with Gasteiger partial charge in [-0.25, -0.2) is 0 Å². The summed E-state index contributed by atoms with van der Waals surface area (Å²) in [5, 5.41) is 0.281. The van der Waals surface area contributed by atoms with E-state index in [1.165, 1.54) is 6.42 Å². The number of hydrogen-bond acceptors (Lipinski definition) is 4. The van der Waals surface area contributed by atoms with Gasteiger partial charge in [-0.15, -0.1) is 0 Å². The molecular formula is C11H26N2O2S2. The topological polar surface area (TPSA) is 70.5 Å². The molecule has 4 nitrogen and oxygen atoms in total. The Morgan fingerprint density at radius 1 is 0.824 bits per heavy atom. The van der Waals surface area contributed by atoms with Crippen LogP contribution in [-0.2, 0) is 9.47 Å². The lowest BCUT2D eigenvalue weighted by Gasteiger charge is -1.96. The van der Waals surface area contributed by atoms with Crippen molar-refractivity contribution in [3.8, 4) is 0 Å². The molecule has 0 rings (SSSR count). The molecule has 0 bridgehead atoms. The molecule has 0 spiro atoms. The van der Waals surface area contributed by atoms with E-state index in [0.717, 1.165) is 12.8 Å². The molecule has 0 aromatic heterocycles. The lowest BCUT2D eigenvalue weighted by molar-refractivity contribution is 0.308. The van der Waals surface area contributed by atoms with Crippen molar-refractivity contribution in [1.82, 2.24) is 0 Å². The molecule has 0 radical (unpaired) electrons. The molecule has 0 aromatic rings. The maximum atomic E-state index is 4.99. The lowest BCUT2D eigenvalue weighted by Crippen LogP contribution is -2.12. The number of hydrogen-bond donors (Lipinski definition) is 2. The van der Waals surface area contributed by atoms with Gasteiger partial charge < -0.3 is 20.9 Å². The van der Waals surface area contributed by atoms with Crippen molar-refractivity contribution in [1.29, 1.82) is 0 Å². The standard InChI is InChI=1S/2C4H9NOS.C3H8/c2*1-2-3-6-4(5)7;1-3-2/h2*2-3H2,1H3,(H2,5,7);3H2,1-2H3. The van der Waals surface area contributed by atoms with Crippen molar-refractivity contribution >= 4 is 34.8 Å². The Labute approximate surface area is 116 Å². The number of ether oxygens (including phenoxy) is 2. The van der Waals surface area contributed by atoms with E-state index in [-0.39, 0.29) is 10.3 Å². The molecule has 17 heavy (non-hydrogen) atoms. The first-order valence-electron chi connectivity index (χ1n) is 5.80. The van der Waals surface area contributed by atoms with E-state index in [1.54, 1.807) is 0 Å². The highest BCUT2D eigenvalue weighted by Crippen LogP contribution is 1.78. The summed E-state index contributed by atoms with van der Waals surface area (Å²) < 4.78 is 9.40. The molecule has 4 N–H and O–H groups in total. The van der Waals surface area contributed by atoms with Crippen LogP contribution in [-0.4, -0.2) is 23.6 Å². The van der Waals surface area contributed by atoms with Crippen LogP contribution in [0.15, 0.2) is 0 Å². The van der Waals surface area contributed by atoms with E-state index in [1.807, 2.05) is 13.8 Å². The Kier molecular flexibility index (Phi) is 26.4. The summed E-state index contributed by atoms with van der Waals surface area (Å²) in [5.74, 6) is 0. The minimum absolute atomic E-state index is 0.141. The maximum Gasteiger partial charge on any atom is 0.253 e. The molecule has 0 saturated heterocycles. The summed E-state index contributed by atoms with van der Waals surface area (Å²) in [6, 6.07) is 0. The first kappa shape index (κ1) is 21.6. The summed E-state index contributed by atoms with van der Waals surface area (Å²) >= 11 is 8.83. The first-order chi connectivity index (χ1) is 7.95. The molecule has 0 saturated carbocycles. The van der Waals surface area contributed by atoms with Crippen molar-refractivity contribution in [3.63, 3.8) is 0 Å². The van der Waals surface area contributed by atoms with Crippen LogP contribution in [0.25, 0.3) is 0 Å². The van der Waals surface area contributed by atoms with Crippen molar-refractivity contribution in [2.75, 3.05) is 13.2 Å². The zero-order chi connectivity index (χ0) is 14.1. The average molecular weight is 282 g/mol. The molecule has 0 fully saturated rings. The monoisotopic (exact) mass is 282 g/mol. The fourth-order valence-electron chi connectivity index (χ4n) is 0.405. The molecule has 0 aliphatic heterocycles. The summed E-state index contributed by atoms with van der Waals surface area (Å²) in [6.45, 7) is 9.52. The summed E-state index contributed by atoms with van der Waals surface area (Å²) in [4.78, 5) is 0. The van der Waals surface area contributed by atoms with Crippen LogP contribution in [0.4, 0.5) is 0 Å². The predicted octanol–water partition coefficient (Wildman–Crippen LogP) is 2.73. The SMILES string of the molecule is CCC.CCCOC(N)=S.CCCOC(N)=S. The summed E-state index contributed by atoms with van der Waals surface area (Å²) in [5.41, 5.74) is 9.98. The van der Waals surface area contributed by atoms with Gasteiger partial charge in [0.1, 0.15) is 0 Å². The van der Waals surface area contributed by atoms with Gasteiger partial charge in [0.2, 0.25) is 0 Å². The first-order valence-corrected chi connectivity index (χ1v) is 6.62. The van der Waals surface area contributed by atoms with Crippen LogP contribution in [0.1, 0.15) is 47.0 Å². The maximum absolute atomic E-state index is 4.99. The third-order valence-electron chi connectivity index (χ3n) is 0.897. The van der Waals surface area contributed by atoms with Crippen molar-refractivity contribution in [2.24, 2.45) is 11.5 Å². The second-order valence-electron chi connectivity index (χ2n) is 3.04. The molecule has 6 heteroatoms. The van der Waals surface area contributed by atoms with E-state index in [4.69, 9.17) is 20.9 Å². The van der Waals surface area contributed by atoms with E-state index in [0.29, 0.717) is 13.2 Å². The third-order valence-corrected chi connectivity index (χ3v) is 1.13. The highest BCUT2D eigenvalue weighted by molar-refractivity contribution is 7.80. The minimum Gasteiger partial charge on any atom is -0.471 e. The Hall–Kier alpha value is -0.620. The van der Waals surface area contributed by atoms with Gasteiger partial charge >= 0.3 is 0 Å². The van der Waals surface area contributed by atoms with Gasteiger partial charge in [0, 0.05) is 0 Å². The summed E-state index contributed by atoms with van der Waals surface area (Å²) in [7, 11) is 0.